The maximum atomic E-state index is 10.3. The van der Waals surface area contributed by atoms with Crippen molar-refractivity contribution in [3.8, 4) is 5.40 Å². The molecule has 2 nitrogen and oxygen atoms in total. The van der Waals surface area contributed by atoms with E-state index in [1.54, 1.807) is 6.92 Å². The van der Waals surface area contributed by atoms with Crippen LogP contribution in [-0.2, 0) is 4.79 Å². The number of carbonyl (C=O) groups excluding carboxylic acids is 1. The topological polar surface area (TPSA) is 40.9 Å². The van der Waals surface area contributed by atoms with Crippen molar-refractivity contribution in [2.24, 2.45) is 0 Å². The smallest absolute Gasteiger partial charge is 0.153 e. The molecule has 0 rings (SSSR count). The van der Waals surface area contributed by atoms with E-state index in [2.05, 4.69) is 0 Å². The van der Waals surface area contributed by atoms with Gasteiger partial charge in [0.2, 0.25) is 0 Å². The molecule has 0 aliphatic carbocycles. The van der Waals surface area contributed by atoms with E-state index in [-0.39, 0.29) is 5.78 Å². The number of ketones is 1. The molecule has 0 radical (unpaired) electrons. The fourth-order valence-corrected chi connectivity index (χ4v) is 0.757. The maximum absolute atomic E-state index is 10.3. The van der Waals surface area contributed by atoms with Crippen molar-refractivity contribution in [2.45, 2.75) is 13.8 Å². The number of carbonyl (C=O) groups is 1. The average Bonchev–Trinajstić information content (AvgIpc) is 1.63. The van der Waals surface area contributed by atoms with E-state index in [0.717, 1.165) is 16.7 Å². The lowest BCUT2D eigenvalue weighted by molar-refractivity contribution is -0.112. The van der Waals surface area contributed by atoms with Crippen LogP contribution in [0.4, 0.5) is 0 Å². The lowest BCUT2D eigenvalue weighted by Gasteiger charge is -1.85. The number of nitrogens with zero attached hydrogens (tertiary/aromatic N) is 1. The van der Waals surface area contributed by atoms with Gasteiger partial charge in [0, 0.05) is 4.91 Å². The summed E-state index contributed by atoms with van der Waals surface area (Å²) in [6.45, 7) is 3.19. The summed E-state index contributed by atoms with van der Waals surface area (Å²) >= 11 is 1.01. The largest absolute Gasteiger partial charge is 0.295 e. The Bertz CT molecular complexity index is 178. The van der Waals surface area contributed by atoms with Crippen molar-refractivity contribution in [3.63, 3.8) is 0 Å². The van der Waals surface area contributed by atoms with E-state index in [4.69, 9.17) is 5.26 Å². The highest BCUT2D eigenvalue weighted by molar-refractivity contribution is 8.07. The van der Waals surface area contributed by atoms with Gasteiger partial charge in [-0.2, -0.15) is 5.26 Å². The summed E-state index contributed by atoms with van der Waals surface area (Å²) in [5.74, 6) is -0.0183. The monoisotopic (exact) mass is 141 g/mol. The number of rotatable bonds is 2. The molecular weight excluding hydrogens is 134 g/mol. The number of allylic oxidation sites excluding steroid dienone is 2. The Morgan fingerprint density at radius 3 is 2.56 bits per heavy atom. The standard InChI is InChI=1S/C6H7NOS/c1-5(8)3-6(2)9-4-7/h3H,1-2H3/b6-3-. The first-order chi connectivity index (χ1) is 4.16. The second kappa shape index (κ2) is 4.16. The van der Waals surface area contributed by atoms with Crippen molar-refractivity contribution in [1.82, 2.24) is 0 Å². The normalized spacial score (nSPS) is 10.6. The van der Waals surface area contributed by atoms with Gasteiger partial charge in [-0.1, -0.05) is 0 Å². The van der Waals surface area contributed by atoms with Crippen molar-refractivity contribution in [1.29, 1.82) is 5.26 Å². The Hall–Kier alpha value is -0.750. The molecule has 0 heterocycles. The molecule has 0 spiro atoms. The summed E-state index contributed by atoms with van der Waals surface area (Å²) in [4.78, 5) is 11.1. The number of thiocyanates is 1. The molecule has 0 saturated carbocycles. The molecule has 0 aliphatic rings. The minimum atomic E-state index is -0.0183. The molecule has 0 aromatic rings. The van der Waals surface area contributed by atoms with E-state index in [9.17, 15) is 4.79 Å². The Labute approximate surface area is 58.6 Å². The van der Waals surface area contributed by atoms with E-state index in [1.165, 1.54) is 13.0 Å². The molecule has 0 atom stereocenters. The van der Waals surface area contributed by atoms with Gasteiger partial charge in [-0.25, -0.2) is 0 Å². The molecule has 0 unspecified atom stereocenters. The van der Waals surface area contributed by atoms with Gasteiger partial charge < -0.3 is 0 Å². The van der Waals surface area contributed by atoms with Crippen LogP contribution < -0.4 is 0 Å². The number of thioether (sulfide) groups is 1. The van der Waals surface area contributed by atoms with Gasteiger partial charge in [-0.3, -0.25) is 4.79 Å². The molecule has 0 aliphatic heterocycles. The number of nitriles is 1. The van der Waals surface area contributed by atoms with Crippen LogP contribution in [0.1, 0.15) is 13.8 Å². The summed E-state index contributed by atoms with van der Waals surface area (Å²) in [7, 11) is 0. The molecule has 3 heteroatoms. The maximum Gasteiger partial charge on any atom is 0.153 e. The molecule has 0 bridgehead atoms. The van der Waals surface area contributed by atoms with Crippen LogP contribution in [-0.4, -0.2) is 5.78 Å². The van der Waals surface area contributed by atoms with Gasteiger partial charge >= 0.3 is 0 Å². The van der Waals surface area contributed by atoms with E-state index in [1.807, 2.05) is 5.40 Å². The Morgan fingerprint density at radius 2 is 2.22 bits per heavy atom. The lowest BCUT2D eigenvalue weighted by Crippen LogP contribution is -1.80. The zero-order valence-electron chi connectivity index (χ0n) is 5.34. The average molecular weight is 141 g/mol. The van der Waals surface area contributed by atoms with Gasteiger partial charge in [0.15, 0.2) is 5.78 Å². The summed E-state index contributed by atoms with van der Waals surface area (Å²) in [6.07, 6.45) is 1.44. The zero-order chi connectivity index (χ0) is 7.28. The second-order valence-corrected chi connectivity index (χ2v) is 2.59. The van der Waals surface area contributed by atoms with Crippen LogP contribution in [0.3, 0.4) is 0 Å². The van der Waals surface area contributed by atoms with Crippen molar-refractivity contribution >= 4 is 17.5 Å². The van der Waals surface area contributed by atoms with Crippen molar-refractivity contribution in [3.05, 3.63) is 11.0 Å². The Morgan fingerprint density at radius 1 is 1.67 bits per heavy atom. The first kappa shape index (κ1) is 8.25. The predicted octanol–water partition coefficient (Wildman–Crippen LogP) is 1.69. The minimum Gasteiger partial charge on any atom is -0.295 e. The number of hydrogen-bond donors (Lipinski definition) is 0. The third-order valence-corrected chi connectivity index (χ3v) is 1.14. The zero-order valence-corrected chi connectivity index (χ0v) is 6.16. The molecule has 0 amide bonds. The van der Waals surface area contributed by atoms with E-state index in [0.29, 0.717) is 0 Å². The lowest BCUT2D eigenvalue weighted by atomic mass is 10.4. The van der Waals surface area contributed by atoms with E-state index >= 15 is 0 Å². The Balaban J connectivity index is 3.88. The quantitative estimate of drug-likeness (QED) is 0.434. The highest BCUT2D eigenvalue weighted by Gasteiger charge is 1.89. The van der Waals surface area contributed by atoms with Crippen LogP contribution in [0, 0.1) is 10.7 Å². The third kappa shape index (κ3) is 5.12. The molecule has 9 heavy (non-hydrogen) atoms. The highest BCUT2D eigenvalue weighted by Crippen LogP contribution is 2.11. The summed E-state index contributed by atoms with van der Waals surface area (Å²) in [6, 6.07) is 0. The number of hydrogen-bond acceptors (Lipinski definition) is 3. The highest BCUT2D eigenvalue weighted by atomic mass is 32.2. The molecule has 0 fully saturated rings. The fourth-order valence-electron chi connectivity index (χ4n) is 0.388. The van der Waals surface area contributed by atoms with Gasteiger partial charge in [0.25, 0.3) is 0 Å². The van der Waals surface area contributed by atoms with E-state index < -0.39 is 0 Å². The molecular formula is C6H7NOS. The van der Waals surface area contributed by atoms with Gasteiger partial charge in [-0.05, 0) is 31.7 Å². The summed E-state index contributed by atoms with van der Waals surface area (Å²) in [5.41, 5.74) is 0. The molecule has 48 valence electrons. The van der Waals surface area contributed by atoms with Crippen LogP contribution in [0.15, 0.2) is 11.0 Å². The van der Waals surface area contributed by atoms with Crippen LogP contribution >= 0.6 is 11.8 Å². The van der Waals surface area contributed by atoms with Gasteiger partial charge in [-0.15, -0.1) is 0 Å². The van der Waals surface area contributed by atoms with Crippen LogP contribution in [0.5, 0.6) is 0 Å². The van der Waals surface area contributed by atoms with Gasteiger partial charge in [0.05, 0.1) is 0 Å². The van der Waals surface area contributed by atoms with Crippen molar-refractivity contribution in [2.75, 3.05) is 0 Å². The van der Waals surface area contributed by atoms with Crippen LogP contribution in [0.25, 0.3) is 0 Å². The van der Waals surface area contributed by atoms with Crippen molar-refractivity contribution < 1.29 is 4.79 Å². The predicted molar refractivity (Wildman–Crippen MR) is 37.6 cm³/mol. The molecule has 0 saturated heterocycles. The second-order valence-electron chi connectivity index (χ2n) is 1.56. The van der Waals surface area contributed by atoms with Crippen LogP contribution in [0.2, 0.25) is 0 Å². The first-order valence-corrected chi connectivity index (χ1v) is 3.23. The SMILES string of the molecule is CC(=O)/C=C(/C)SC#N. The minimum absolute atomic E-state index is 0.0183. The third-order valence-electron chi connectivity index (χ3n) is 0.613. The molecule has 0 N–H and O–H groups in total. The summed E-state index contributed by atoms with van der Waals surface area (Å²) < 4.78 is 0. The molecule has 0 aromatic carbocycles. The van der Waals surface area contributed by atoms with Gasteiger partial charge in [0.1, 0.15) is 5.40 Å². The molecule has 0 aromatic heterocycles. The summed E-state index contributed by atoms with van der Waals surface area (Å²) in [5, 5.41) is 9.98. The Kier molecular flexibility index (Phi) is 3.81. The first-order valence-electron chi connectivity index (χ1n) is 2.41. The fraction of sp³-hybridized carbons (Fsp3) is 0.333.